The lowest BCUT2D eigenvalue weighted by atomic mass is 10.0. The quantitative estimate of drug-likeness (QED) is 0.871. The Balaban J connectivity index is 1.57. The molecule has 0 unspecified atom stereocenters. The van der Waals surface area contributed by atoms with Gasteiger partial charge in [0.25, 0.3) is 0 Å². The molecule has 1 aromatic heterocycles. The molecule has 1 aliphatic carbocycles. The fraction of sp³-hybridized carbons (Fsp3) is 0.786. The fourth-order valence-corrected chi connectivity index (χ4v) is 3.86. The number of nitrogens with two attached hydrogens (primary N) is 1. The van der Waals surface area contributed by atoms with Gasteiger partial charge in [0.05, 0.1) is 0 Å². The Bertz CT molecular complexity index is 419. The summed E-state index contributed by atoms with van der Waals surface area (Å²) in [7, 11) is 0. The molecule has 0 bridgehead atoms. The first kappa shape index (κ1) is 13.2. The van der Waals surface area contributed by atoms with Crippen LogP contribution in [0.3, 0.4) is 0 Å². The topological polar surface area (TPSA) is 54.2 Å². The van der Waals surface area contributed by atoms with Crippen molar-refractivity contribution in [3.63, 3.8) is 0 Å². The molecule has 4 nitrogen and oxygen atoms in total. The summed E-state index contributed by atoms with van der Waals surface area (Å²) in [6.07, 6.45) is 6.30. The van der Waals surface area contributed by atoms with E-state index in [4.69, 9.17) is 5.73 Å². The number of nitrogen functional groups attached to an aromatic ring is 1. The van der Waals surface area contributed by atoms with Crippen LogP contribution in [0.25, 0.3) is 0 Å². The summed E-state index contributed by atoms with van der Waals surface area (Å²) >= 11 is 1.55. The van der Waals surface area contributed by atoms with E-state index in [1.807, 2.05) is 0 Å². The van der Waals surface area contributed by atoms with E-state index < -0.39 is 0 Å². The number of likely N-dealkylation sites (tertiary alicyclic amines) is 1. The van der Waals surface area contributed by atoms with Gasteiger partial charge in [-0.05, 0) is 56.1 Å². The minimum atomic E-state index is 0.602. The summed E-state index contributed by atoms with van der Waals surface area (Å²) in [6, 6.07) is 0.602. The maximum atomic E-state index is 6.00. The van der Waals surface area contributed by atoms with Crippen LogP contribution in [0.2, 0.25) is 0 Å². The number of rotatable bonds is 5. The summed E-state index contributed by atoms with van der Waals surface area (Å²) in [5.74, 6) is 1.44. The Kier molecular flexibility index (Phi) is 3.93. The highest BCUT2D eigenvalue weighted by Gasteiger charge is 2.31. The van der Waals surface area contributed by atoms with Crippen LogP contribution >= 0.6 is 11.5 Å². The third kappa shape index (κ3) is 3.03. The van der Waals surface area contributed by atoms with Gasteiger partial charge < -0.3 is 16.0 Å². The second-order valence-corrected chi connectivity index (χ2v) is 6.62. The van der Waals surface area contributed by atoms with Gasteiger partial charge in [-0.15, -0.1) is 0 Å². The Morgan fingerprint density at radius 2 is 2.05 bits per heavy atom. The molecule has 19 heavy (non-hydrogen) atoms. The van der Waals surface area contributed by atoms with Crippen molar-refractivity contribution in [1.29, 1.82) is 0 Å². The van der Waals surface area contributed by atoms with Crippen molar-refractivity contribution in [2.75, 3.05) is 30.7 Å². The zero-order valence-corrected chi connectivity index (χ0v) is 12.5. The zero-order chi connectivity index (χ0) is 13.2. The van der Waals surface area contributed by atoms with Crippen LogP contribution in [0.5, 0.6) is 0 Å². The lowest BCUT2D eigenvalue weighted by Crippen LogP contribution is -2.39. The molecule has 0 spiro atoms. The average molecular weight is 280 g/mol. The number of hydrogen-bond donors (Lipinski definition) is 2. The maximum absolute atomic E-state index is 6.00. The van der Waals surface area contributed by atoms with Crippen molar-refractivity contribution in [1.82, 2.24) is 9.27 Å². The molecule has 1 aromatic rings. The molecule has 2 heterocycles. The van der Waals surface area contributed by atoms with Gasteiger partial charge in [-0.25, -0.2) is 0 Å². The molecule has 2 aliphatic rings. The van der Waals surface area contributed by atoms with Crippen molar-refractivity contribution in [3.8, 4) is 0 Å². The summed E-state index contributed by atoms with van der Waals surface area (Å²) in [4.78, 5) is 2.57. The third-order valence-electron chi connectivity index (χ3n) is 4.20. The van der Waals surface area contributed by atoms with Crippen LogP contribution < -0.4 is 11.1 Å². The smallest absolute Gasteiger partial charge is 0.142 e. The predicted octanol–water partition coefficient (Wildman–Crippen LogP) is 2.89. The van der Waals surface area contributed by atoms with Gasteiger partial charge in [0.1, 0.15) is 10.8 Å². The standard InChI is InChI=1S/C14H24N4S/c1-2-7-18-8-5-11(6-9-18)16-14-12(10-3-4-10)13(15)17-19-14/h10-11,16H,2-9H2,1H3,(H2,15,17). The lowest BCUT2D eigenvalue weighted by molar-refractivity contribution is 0.219. The number of aromatic nitrogens is 1. The number of nitrogens with one attached hydrogen (secondary N) is 1. The number of piperidine rings is 1. The second-order valence-electron chi connectivity index (χ2n) is 5.85. The first-order valence-corrected chi connectivity index (χ1v) is 8.29. The second kappa shape index (κ2) is 5.67. The minimum Gasteiger partial charge on any atom is -0.383 e. The van der Waals surface area contributed by atoms with Crippen molar-refractivity contribution in [2.24, 2.45) is 0 Å². The molecule has 1 aliphatic heterocycles. The highest BCUT2D eigenvalue weighted by molar-refractivity contribution is 7.10. The van der Waals surface area contributed by atoms with Gasteiger partial charge in [0.2, 0.25) is 0 Å². The molecule has 5 heteroatoms. The van der Waals surface area contributed by atoms with E-state index in [1.54, 1.807) is 11.5 Å². The van der Waals surface area contributed by atoms with Crippen molar-refractivity contribution in [3.05, 3.63) is 5.56 Å². The zero-order valence-electron chi connectivity index (χ0n) is 11.7. The summed E-state index contributed by atoms with van der Waals surface area (Å²) in [6.45, 7) is 5.94. The monoisotopic (exact) mass is 280 g/mol. The van der Waals surface area contributed by atoms with E-state index >= 15 is 0 Å². The molecule has 3 N–H and O–H groups in total. The average Bonchev–Trinajstić information content (AvgIpc) is 3.18. The SMILES string of the molecule is CCCN1CCC(Nc2snc(N)c2C2CC2)CC1. The van der Waals surface area contributed by atoms with E-state index in [1.165, 1.54) is 62.3 Å². The molecule has 2 fully saturated rings. The predicted molar refractivity (Wildman–Crippen MR) is 81.9 cm³/mol. The van der Waals surface area contributed by atoms with Crippen molar-refractivity contribution >= 4 is 22.4 Å². The van der Waals surface area contributed by atoms with E-state index in [-0.39, 0.29) is 0 Å². The Labute approximate surface area is 119 Å². The first-order valence-electron chi connectivity index (χ1n) is 7.52. The van der Waals surface area contributed by atoms with Crippen LogP contribution in [0.15, 0.2) is 0 Å². The van der Waals surface area contributed by atoms with Gasteiger partial charge in [-0.2, -0.15) is 4.37 Å². The molecular formula is C14H24N4S. The van der Waals surface area contributed by atoms with E-state index in [2.05, 4.69) is 21.5 Å². The van der Waals surface area contributed by atoms with Crippen LogP contribution in [-0.4, -0.2) is 34.9 Å². The van der Waals surface area contributed by atoms with Gasteiger partial charge in [-0.3, -0.25) is 0 Å². The molecule has 1 saturated heterocycles. The van der Waals surface area contributed by atoms with Gasteiger partial charge in [0.15, 0.2) is 0 Å². The first-order chi connectivity index (χ1) is 9.28. The summed E-state index contributed by atoms with van der Waals surface area (Å²) < 4.78 is 4.33. The van der Waals surface area contributed by atoms with Crippen LogP contribution in [-0.2, 0) is 0 Å². The Morgan fingerprint density at radius 3 is 2.68 bits per heavy atom. The normalized spacial score (nSPS) is 21.7. The molecule has 3 rings (SSSR count). The van der Waals surface area contributed by atoms with Crippen LogP contribution in [0.1, 0.15) is 50.5 Å². The summed E-state index contributed by atoms with van der Waals surface area (Å²) in [5, 5.41) is 4.95. The van der Waals surface area contributed by atoms with E-state index in [0.717, 1.165) is 5.82 Å². The molecular weight excluding hydrogens is 256 g/mol. The van der Waals surface area contributed by atoms with Crippen molar-refractivity contribution in [2.45, 2.75) is 51.0 Å². The number of nitrogens with zero attached hydrogens (tertiary/aromatic N) is 2. The number of hydrogen-bond acceptors (Lipinski definition) is 5. The molecule has 0 amide bonds. The highest BCUT2D eigenvalue weighted by Crippen LogP contribution is 2.47. The molecule has 0 radical (unpaired) electrons. The van der Waals surface area contributed by atoms with E-state index in [9.17, 15) is 0 Å². The Hall–Kier alpha value is -0.810. The summed E-state index contributed by atoms with van der Waals surface area (Å²) in [5.41, 5.74) is 7.31. The largest absolute Gasteiger partial charge is 0.383 e. The van der Waals surface area contributed by atoms with Gasteiger partial charge >= 0.3 is 0 Å². The molecule has 0 aromatic carbocycles. The molecule has 106 valence electrons. The fourth-order valence-electron chi connectivity index (χ4n) is 2.98. The minimum absolute atomic E-state index is 0.602. The van der Waals surface area contributed by atoms with Gasteiger partial charge in [0, 0.05) is 24.7 Å². The van der Waals surface area contributed by atoms with Crippen LogP contribution in [0, 0.1) is 0 Å². The van der Waals surface area contributed by atoms with E-state index in [0.29, 0.717) is 12.0 Å². The molecule has 1 saturated carbocycles. The van der Waals surface area contributed by atoms with Crippen molar-refractivity contribution < 1.29 is 0 Å². The van der Waals surface area contributed by atoms with Gasteiger partial charge in [-0.1, -0.05) is 6.92 Å². The highest BCUT2D eigenvalue weighted by atomic mass is 32.1. The Morgan fingerprint density at radius 1 is 1.32 bits per heavy atom. The third-order valence-corrected chi connectivity index (χ3v) is 5.01. The number of anilines is 2. The lowest BCUT2D eigenvalue weighted by Gasteiger charge is -2.32. The maximum Gasteiger partial charge on any atom is 0.142 e. The molecule has 0 atom stereocenters. The van der Waals surface area contributed by atoms with Crippen LogP contribution in [0.4, 0.5) is 10.8 Å².